The molecule has 3 heteroatoms. The van der Waals surface area contributed by atoms with E-state index in [0.29, 0.717) is 0 Å². The van der Waals surface area contributed by atoms with Crippen LogP contribution in [0.25, 0.3) is 11.1 Å². The number of nitrogen functional groups attached to an aromatic ring is 1. The van der Waals surface area contributed by atoms with Gasteiger partial charge in [0.1, 0.15) is 0 Å². The van der Waals surface area contributed by atoms with Gasteiger partial charge in [0.2, 0.25) is 0 Å². The Morgan fingerprint density at radius 2 is 1.67 bits per heavy atom. The first-order valence-corrected chi connectivity index (χ1v) is 6.31. The van der Waals surface area contributed by atoms with E-state index in [1.165, 1.54) is 0 Å². The summed E-state index contributed by atoms with van der Waals surface area (Å²) < 4.78 is 0. The number of anilines is 1. The number of benzene rings is 2. The summed E-state index contributed by atoms with van der Waals surface area (Å²) in [7, 11) is 4.49. The van der Waals surface area contributed by atoms with Gasteiger partial charge in [-0.1, -0.05) is 23.8 Å². The third-order valence-corrected chi connectivity index (χ3v) is 1.96. The molecule has 2 aromatic rings. The van der Waals surface area contributed by atoms with Crippen LogP contribution >= 0.6 is 9.53 Å². The Hall–Kier alpha value is -0.808. The Kier molecular flexibility index (Phi) is 5.42. The molecule has 0 aliphatic rings. The van der Waals surface area contributed by atoms with Gasteiger partial charge in [0.25, 0.3) is 0 Å². The van der Waals surface area contributed by atoms with Gasteiger partial charge in [0, 0.05) is 0 Å². The van der Waals surface area contributed by atoms with Crippen LogP contribution in [-0.2, 0) is 18.2 Å². The van der Waals surface area contributed by atoms with Crippen molar-refractivity contribution in [2.75, 3.05) is 5.73 Å². The van der Waals surface area contributed by atoms with Gasteiger partial charge in [-0.25, -0.2) is 0 Å². The average molecular weight is 310 g/mol. The second-order valence-corrected chi connectivity index (χ2v) is 2.86. The van der Waals surface area contributed by atoms with E-state index in [-0.39, 0.29) is 0 Å². The van der Waals surface area contributed by atoms with Gasteiger partial charge in [-0.3, -0.25) is 0 Å². The molecule has 0 fully saturated rings. The van der Waals surface area contributed by atoms with Crippen LogP contribution in [0, 0.1) is 6.07 Å². The fourth-order valence-electron chi connectivity index (χ4n) is 1.30. The third kappa shape index (κ3) is 3.36. The van der Waals surface area contributed by atoms with Crippen LogP contribution in [-0.4, -0.2) is 0 Å². The molecular weight excluding hydrogens is 300 g/mol. The van der Waals surface area contributed by atoms with E-state index >= 15 is 0 Å². The summed E-state index contributed by atoms with van der Waals surface area (Å²) in [6.45, 7) is 0. The maximum absolute atomic E-state index is 5.83. The number of nitrogens with two attached hydrogens (primary N) is 1. The minimum atomic E-state index is 0.796. The normalized spacial score (nSPS) is 9.00. The monoisotopic (exact) mass is 309 g/mol. The molecular formula is C12H10ClNPd. The van der Waals surface area contributed by atoms with Crippen LogP contribution in [0.2, 0.25) is 0 Å². The van der Waals surface area contributed by atoms with Crippen molar-refractivity contribution in [2.45, 2.75) is 0 Å². The summed E-state index contributed by atoms with van der Waals surface area (Å²) in [5, 5.41) is 0. The summed E-state index contributed by atoms with van der Waals surface area (Å²) in [5.74, 6) is 0. The average Bonchev–Trinajstić information content (AvgIpc) is 2.33. The fraction of sp³-hybridized carbons (Fsp3) is 0. The first-order valence-electron chi connectivity index (χ1n) is 4.31. The van der Waals surface area contributed by atoms with Gasteiger partial charge in [0.15, 0.2) is 0 Å². The summed E-state index contributed by atoms with van der Waals surface area (Å²) in [5.41, 5.74) is 8.72. The molecule has 0 heterocycles. The summed E-state index contributed by atoms with van der Waals surface area (Å²) in [6.07, 6.45) is 0. The van der Waals surface area contributed by atoms with E-state index in [0.717, 1.165) is 16.8 Å². The van der Waals surface area contributed by atoms with Gasteiger partial charge in [-0.15, -0.1) is 35.9 Å². The number of halogens is 1. The van der Waals surface area contributed by atoms with Gasteiger partial charge in [0.05, 0.1) is 0 Å². The van der Waals surface area contributed by atoms with Crippen molar-refractivity contribution in [1.82, 2.24) is 0 Å². The van der Waals surface area contributed by atoms with Crippen LogP contribution in [0.1, 0.15) is 0 Å². The molecule has 0 aliphatic carbocycles. The van der Waals surface area contributed by atoms with Gasteiger partial charge < -0.3 is 5.73 Å². The molecule has 0 spiro atoms. The second-order valence-electron chi connectivity index (χ2n) is 2.86. The molecule has 0 saturated heterocycles. The zero-order valence-electron chi connectivity index (χ0n) is 7.89. The molecule has 2 aromatic carbocycles. The van der Waals surface area contributed by atoms with E-state index in [9.17, 15) is 0 Å². The van der Waals surface area contributed by atoms with Crippen molar-refractivity contribution in [3.8, 4) is 11.1 Å². The minimum absolute atomic E-state index is 0.796. The van der Waals surface area contributed by atoms with Crippen molar-refractivity contribution in [2.24, 2.45) is 0 Å². The van der Waals surface area contributed by atoms with Crippen LogP contribution in [0.5, 0.6) is 0 Å². The molecule has 0 aromatic heterocycles. The zero-order chi connectivity index (χ0) is 11.1. The van der Waals surface area contributed by atoms with E-state index in [4.69, 9.17) is 5.73 Å². The van der Waals surface area contributed by atoms with Gasteiger partial charge in [-0.2, -0.15) is 0 Å². The quantitative estimate of drug-likeness (QED) is 0.487. The molecule has 2 N–H and O–H groups in total. The number of rotatable bonds is 1. The first kappa shape index (κ1) is 12.3. The Balaban J connectivity index is 0.000000531. The van der Waals surface area contributed by atoms with Crippen LogP contribution in [0.4, 0.5) is 5.69 Å². The van der Waals surface area contributed by atoms with E-state index in [2.05, 4.69) is 33.8 Å². The van der Waals surface area contributed by atoms with Crippen LogP contribution in [0.3, 0.4) is 0 Å². The summed E-state index contributed by atoms with van der Waals surface area (Å²) >= 11 is 2.22. The van der Waals surface area contributed by atoms with E-state index < -0.39 is 0 Å². The number of hydrogen-bond acceptors (Lipinski definition) is 1. The standard InChI is InChI=1S/C12H10N.ClH.Pd/c13-12-9-5-4-8-11(12)10-6-2-1-3-7-10;;/h1-6,8-9H,13H2;1H;/q-1;;+2/p-1. The summed E-state index contributed by atoms with van der Waals surface area (Å²) in [4.78, 5) is 0. The van der Waals surface area contributed by atoms with Crippen molar-refractivity contribution >= 4 is 15.2 Å². The molecule has 1 nitrogen and oxygen atoms in total. The summed E-state index contributed by atoms with van der Waals surface area (Å²) in [6, 6.07) is 18.8. The molecule has 80 valence electrons. The van der Waals surface area contributed by atoms with Crippen molar-refractivity contribution in [1.29, 1.82) is 0 Å². The number of hydrogen-bond donors (Lipinski definition) is 1. The Morgan fingerprint density at radius 1 is 1.00 bits per heavy atom. The second kappa shape index (κ2) is 6.63. The maximum atomic E-state index is 5.83. The molecule has 0 amide bonds. The van der Waals surface area contributed by atoms with Crippen LogP contribution in [0.15, 0.2) is 48.5 Å². The van der Waals surface area contributed by atoms with E-state index in [1.807, 2.05) is 48.5 Å². The SMILES string of the molecule is Nc1ccccc1-c1[c-]cccc1.[Cl][Pd+]. The van der Waals surface area contributed by atoms with E-state index in [1.54, 1.807) is 0 Å². The van der Waals surface area contributed by atoms with Crippen molar-refractivity contribution < 1.29 is 18.2 Å². The molecule has 0 atom stereocenters. The third-order valence-electron chi connectivity index (χ3n) is 1.96. The first-order chi connectivity index (χ1) is 7.38. The molecule has 0 radical (unpaired) electrons. The van der Waals surface area contributed by atoms with Crippen molar-refractivity contribution in [3.05, 3.63) is 54.6 Å². The molecule has 0 aliphatic heterocycles. The zero-order valence-corrected chi connectivity index (χ0v) is 10.2. The predicted octanol–water partition coefficient (Wildman–Crippen LogP) is 3.42. The van der Waals surface area contributed by atoms with Gasteiger partial charge >= 0.3 is 27.7 Å². The van der Waals surface area contributed by atoms with Crippen molar-refractivity contribution in [3.63, 3.8) is 0 Å². The molecule has 0 saturated carbocycles. The molecule has 15 heavy (non-hydrogen) atoms. The van der Waals surface area contributed by atoms with Crippen LogP contribution < -0.4 is 5.73 Å². The number of para-hydroxylation sites is 1. The fourth-order valence-corrected chi connectivity index (χ4v) is 1.30. The Morgan fingerprint density at radius 3 is 2.27 bits per heavy atom. The van der Waals surface area contributed by atoms with Gasteiger partial charge in [-0.05, 0) is 11.8 Å². The molecule has 0 unspecified atom stereocenters. The Bertz CT molecular complexity index is 403. The predicted molar refractivity (Wildman–Crippen MR) is 61.0 cm³/mol. The molecule has 0 bridgehead atoms. The topological polar surface area (TPSA) is 26.0 Å². The molecule has 2 rings (SSSR count). The Labute approximate surface area is 105 Å².